The highest BCUT2D eigenvalue weighted by molar-refractivity contribution is 5.96. The summed E-state index contributed by atoms with van der Waals surface area (Å²) in [6.45, 7) is 5.64. The fourth-order valence-electron chi connectivity index (χ4n) is 1.55. The third kappa shape index (κ3) is 5.52. The first kappa shape index (κ1) is 15.2. The van der Waals surface area contributed by atoms with Crippen molar-refractivity contribution in [2.24, 2.45) is 0 Å². The summed E-state index contributed by atoms with van der Waals surface area (Å²) < 4.78 is 0. The molecule has 0 aliphatic rings. The van der Waals surface area contributed by atoms with Crippen molar-refractivity contribution in [1.29, 1.82) is 0 Å². The van der Waals surface area contributed by atoms with Crippen molar-refractivity contribution in [3.63, 3.8) is 0 Å². The highest BCUT2D eigenvalue weighted by Gasteiger charge is 2.05. The topological polar surface area (TPSA) is 70.2 Å². The van der Waals surface area contributed by atoms with Gasteiger partial charge in [-0.1, -0.05) is 6.92 Å². The molecule has 3 N–H and O–H groups in total. The molecular weight excluding hydrogens is 242 g/mol. The van der Waals surface area contributed by atoms with Crippen LogP contribution >= 0.6 is 0 Å². The van der Waals surface area contributed by atoms with Gasteiger partial charge in [-0.15, -0.1) is 0 Å². The molecule has 104 valence electrons. The standard InChI is InChI=1S/C14H21N3O2/c1-3-9-15-10-13(18)17-12-7-5-11(6-8-12)14(19)16-4-2/h5-8,15H,3-4,9-10H2,1-2H3,(H,16,19)(H,17,18). The van der Waals surface area contributed by atoms with E-state index in [-0.39, 0.29) is 11.8 Å². The quantitative estimate of drug-likeness (QED) is 0.651. The van der Waals surface area contributed by atoms with E-state index in [1.165, 1.54) is 0 Å². The van der Waals surface area contributed by atoms with Gasteiger partial charge in [0, 0.05) is 17.8 Å². The third-order valence-electron chi connectivity index (χ3n) is 2.48. The van der Waals surface area contributed by atoms with Gasteiger partial charge in [0.05, 0.1) is 6.54 Å². The van der Waals surface area contributed by atoms with Crippen LogP contribution in [0.4, 0.5) is 5.69 Å². The van der Waals surface area contributed by atoms with E-state index in [4.69, 9.17) is 0 Å². The number of anilines is 1. The summed E-state index contributed by atoms with van der Waals surface area (Å²) in [4.78, 5) is 23.1. The molecule has 19 heavy (non-hydrogen) atoms. The lowest BCUT2D eigenvalue weighted by atomic mass is 10.2. The van der Waals surface area contributed by atoms with Gasteiger partial charge in [0.2, 0.25) is 5.91 Å². The molecule has 5 nitrogen and oxygen atoms in total. The molecule has 0 aliphatic heterocycles. The number of hydrogen-bond acceptors (Lipinski definition) is 3. The lowest BCUT2D eigenvalue weighted by Crippen LogP contribution is -2.28. The average Bonchev–Trinajstić information content (AvgIpc) is 2.40. The van der Waals surface area contributed by atoms with Crippen LogP contribution in [0.1, 0.15) is 30.6 Å². The number of benzene rings is 1. The lowest BCUT2D eigenvalue weighted by molar-refractivity contribution is -0.115. The fraction of sp³-hybridized carbons (Fsp3) is 0.429. The van der Waals surface area contributed by atoms with Crippen molar-refractivity contribution in [3.05, 3.63) is 29.8 Å². The van der Waals surface area contributed by atoms with Gasteiger partial charge in [0.15, 0.2) is 0 Å². The smallest absolute Gasteiger partial charge is 0.251 e. The molecule has 1 aromatic rings. The highest BCUT2D eigenvalue weighted by atomic mass is 16.2. The summed E-state index contributed by atoms with van der Waals surface area (Å²) >= 11 is 0. The van der Waals surface area contributed by atoms with Crippen LogP contribution in [0.3, 0.4) is 0 Å². The van der Waals surface area contributed by atoms with Gasteiger partial charge >= 0.3 is 0 Å². The average molecular weight is 263 g/mol. The monoisotopic (exact) mass is 263 g/mol. The lowest BCUT2D eigenvalue weighted by Gasteiger charge is -2.07. The van der Waals surface area contributed by atoms with Gasteiger partial charge in [-0.2, -0.15) is 0 Å². The predicted octanol–water partition coefficient (Wildman–Crippen LogP) is 1.37. The molecule has 0 unspecified atom stereocenters. The van der Waals surface area contributed by atoms with Crippen molar-refractivity contribution >= 4 is 17.5 Å². The molecule has 1 aromatic carbocycles. The second kappa shape index (κ2) is 8.26. The van der Waals surface area contributed by atoms with Crippen molar-refractivity contribution in [1.82, 2.24) is 10.6 Å². The van der Waals surface area contributed by atoms with Crippen LogP contribution in [0, 0.1) is 0 Å². The molecule has 0 heterocycles. The normalized spacial score (nSPS) is 10.0. The first-order chi connectivity index (χ1) is 9.17. The molecule has 1 rings (SSSR count). The maximum atomic E-state index is 11.6. The Morgan fingerprint density at radius 3 is 2.37 bits per heavy atom. The summed E-state index contributed by atoms with van der Waals surface area (Å²) in [5.74, 6) is -0.191. The molecule has 0 bridgehead atoms. The zero-order valence-corrected chi connectivity index (χ0v) is 11.5. The van der Waals surface area contributed by atoms with Crippen molar-refractivity contribution in [2.45, 2.75) is 20.3 Å². The summed E-state index contributed by atoms with van der Waals surface area (Å²) in [7, 11) is 0. The van der Waals surface area contributed by atoms with Crippen LogP contribution in [0.25, 0.3) is 0 Å². The Hall–Kier alpha value is -1.88. The van der Waals surface area contributed by atoms with Gasteiger partial charge < -0.3 is 16.0 Å². The number of carbonyl (C=O) groups excluding carboxylic acids is 2. The van der Waals surface area contributed by atoms with E-state index in [2.05, 4.69) is 16.0 Å². The van der Waals surface area contributed by atoms with Crippen LogP contribution in [0.2, 0.25) is 0 Å². The Labute approximate surface area is 113 Å². The summed E-state index contributed by atoms with van der Waals surface area (Å²) in [5, 5.41) is 8.51. The first-order valence-electron chi connectivity index (χ1n) is 6.56. The predicted molar refractivity (Wildman–Crippen MR) is 76.2 cm³/mol. The van der Waals surface area contributed by atoms with Gasteiger partial charge in [-0.25, -0.2) is 0 Å². The number of amides is 2. The second-order valence-electron chi connectivity index (χ2n) is 4.16. The Kier molecular flexibility index (Phi) is 6.60. The van der Waals surface area contributed by atoms with E-state index in [9.17, 15) is 9.59 Å². The van der Waals surface area contributed by atoms with Crippen molar-refractivity contribution in [3.8, 4) is 0 Å². The number of carbonyl (C=O) groups is 2. The van der Waals surface area contributed by atoms with Crippen molar-refractivity contribution in [2.75, 3.05) is 25.0 Å². The van der Waals surface area contributed by atoms with Gasteiger partial charge in [0.1, 0.15) is 0 Å². The largest absolute Gasteiger partial charge is 0.352 e. The Morgan fingerprint density at radius 2 is 1.79 bits per heavy atom. The minimum atomic E-state index is -0.106. The molecule has 0 radical (unpaired) electrons. The first-order valence-corrected chi connectivity index (χ1v) is 6.56. The van der Waals surface area contributed by atoms with E-state index < -0.39 is 0 Å². The van der Waals surface area contributed by atoms with Crippen LogP contribution < -0.4 is 16.0 Å². The minimum Gasteiger partial charge on any atom is -0.352 e. The Bertz CT molecular complexity index is 415. The molecule has 0 fully saturated rings. The minimum absolute atomic E-state index is 0.0841. The molecule has 0 spiro atoms. The fourth-order valence-corrected chi connectivity index (χ4v) is 1.55. The number of nitrogens with one attached hydrogen (secondary N) is 3. The van der Waals surface area contributed by atoms with Crippen LogP contribution in [0.5, 0.6) is 0 Å². The van der Waals surface area contributed by atoms with Gasteiger partial charge in [-0.3, -0.25) is 9.59 Å². The van der Waals surface area contributed by atoms with E-state index in [0.717, 1.165) is 13.0 Å². The molecule has 2 amide bonds. The molecule has 0 atom stereocenters. The molecule has 0 saturated carbocycles. The van der Waals surface area contributed by atoms with Crippen molar-refractivity contribution < 1.29 is 9.59 Å². The molecule has 0 aromatic heterocycles. The highest BCUT2D eigenvalue weighted by Crippen LogP contribution is 2.09. The van der Waals surface area contributed by atoms with Crippen LogP contribution in [-0.2, 0) is 4.79 Å². The van der Waals surface area contributed by atoms with E-state index >= 15 is 0 Å². The zero-order chi connectivity index (χ0) is 14.1. The number of rotatable bonds is 7. The third-order valence-corrected chi connectivity index (χ3v) is 2.48. The Morgan fingerprint density at radius 1 is 1.11 bits per heavy atom. The number of hydrogen-bond donors (Lipinski definition) is 3. The molecule has 5 heteroatoms. The van der Waals surface area contributed by atoms with E-state index in [1.807, 2.05) is 13.8 Å². The van der Waals surface area contributed by atoms with E-state index in [0.29, 0.717) is 24.3 Å². The SMILES string of the molecule is CCCNCC(=O)Nc1ccc(C(=O)NCC)cc1. The summed E-state index contributed by atoms with van der Waals surface area (Å²) in [6, 6.07) is 6.84. The summed E-state index contributed by atoms with van der Waals surface area (Å²) in [5.41, 5.74) is 1.28. The van der Waals surface area contributed by atoms with Gasteiger partial charge in [0.25, 0.3) is 5.91 Å². The molecular formula is C14H21N3O2. The van der Waals surface area contributed by atoms with E-state index in [1.54, 1.807) is 24.3 Å². The molecule has 0 aliphatic carbocycles. The zero-order valence-electron chi connectivity index (χ0n) is 11.5. The van der Waals surface area contributed by atoms with Crippen LogP contribution in [-0.4, -0.2) is 31.4 Å². The maximum Gasteiger partial charge on any atom is 0.251 e. The second-order valence-corrected chi connectivity index (χ2v) is 4.16. The van der Waals surface area contributed by atoms with Crippen LogP contribution in [0.15, 0.2) is 24.3 Å². The van der Waals surface area contributed by atoms with Gasteiger partial charge in [-0.05, 0) is 44.2 Å². The maximum absolute atomic E-state index is 11.6. The summed E-state index contributed by atoms with van der Waals surface area (Å²) in [6.07, 6.45) is 0.995. The molecule has 0 saturated heterocycles. The Balaban J connectivity index is 2.47.